The van der Waals surface area contributed by atoms with Gasteiger partial charge in [0, 0.05) is 13.1 Å². The molecule has 96 valence electrons. The summed E-state index contributed by atoms with van der Waals surface area (Å²) in [7, 11) is 0. The van der Waals surface area contributed by atoms with E-state index in [1.54, 1.807) is 0 Å². The van der Waals surface area contributed by atoms with Crippen LogP contribution in [-0.4, -0.2) is 30.4 Å². The monoisotopic (exact) mass is 246 g/mol. The van der Waals surface area contributed by atoms with E-state index in [-0.39, 0.29) is 18.1 Å². The second-order valence-corrected chi connectivity index (χ2v) is 5.03. The van der Waals surface area contributed by atoms with Crippen molar-refractivity contribution in [2.24, 2.45) is 5.73 Å². The Morgan fingerprint density at radius 1 is 1.33 bits per heavy atom. The maximum Gasteiger partial charge on any atom is 0.236 e. The fourth-order valence-electron chi connectivity index (χ4n) is 3.04. The van der Waals surface area contributed by atoms with E-state index in [4.69, 9.17) is 10.5 Å². The molecule has 0 bridgehead atoms. The summed E-state index contributed by atoms with van der Waals surface area (Å²) < 4.78 is 6.04. The topological polar surface area (TPSA) is 55.6 Å². The van der Waals surface area contributed by atoms with Gasteiger partial charge in [0.25, 0.3) is 0 Å². The van der Waals surface area contributed by atoms with Crippen molar-refractivity contribution in [2.45, 2.75) is 25.0 Å². The molecular weight excluding hydrogens is 228 g/mol. The first kappa shape index (κ1) is 11.7. The molecule has 1 spiro atoms. The van der Waals surface area contributed by atoms with Gasteiger partial charge in [-0.1, -0.05) is 24.3 Å². The number of benzene rings is 1. The number of carbonyl (C=O) groups is 1. The number of hydrogen-bond donors (Lipinski definition) is 1. The van der Waals surface area contributed by atoms with E-state index in [0.717, 1.165) is 25.9 Å². The summed E-state index contributed by atoms with van der Waals surface area (Å²) in [5.41, 5.74) is 7.84. The van der Waals surface area contributed by atoms with Crippen LogP contribution in [0.25, 0.3) is 0 Å². The minimum absolute atomic E-state index is 0.0381. The first-order valence-electron chi connectivity index (χ1n) is 6.45. The van der Waals surface area contributed by atoms with Crippen molar-refractivity contribution >= 4 is 5.91 Å². The number of nitrogens with two attached hydrogens (primary N) is 1. The summed E-state index contributed by atoms with van der Waals surface area (Å²) in [6, 6.07) is 8.39. The lowest BCUT2D eigenvalue weighted by molar-refractivity contribution is -0.136. The van der Waals surface area contributed by atoms with Gasteiger partial charge < -0.3 is 15.4 Å². The Kier molecular flexibility index (Phi) is 2.84. The zero-order valence-electron chi connectivity index (χ0n) is 10.4. The van der Waals surface area contributed by atoms with Gasteiger partial charge in [-0.2, -0.15) is 0 Å². The van der Waals surface area contributed by atoms with Crippen LogP contribution in [-0.2, 0) is 21.7 Å². The van der Waals surface area contributed by atoms with Crippen LogP contribution in [0.2, 0.25) is 0 Å². The maximum atomic E-state index is 11.6. The lowest BCUT2D eigenvalue weighted by atomic mass is 9.84. The molecule has 0 aliphatic carbocycles. The first-order valence-corrected chi connectivity index (χ1v) is 6.45. The van der Waals surface area contributed by atoms with Gasteiger partial charge >= 0.3 is 0 Å². The molecule has 1 saturated heterocycles. The van der Waals surface area contributed by atoms with E-state index in [9.17, 15) is 4.79 Å². The number of rotatable bonds is 1. The van der Waals surface area contributed by atoms with Crippen molar-refractivity contribution in [3.05, 3.63) is 35.4 Å². The number of nitrogens with zero attached hydrogens (tertiary/aromatic N) is 1. The molecule has 0 atom stereocenters. The summed E-state index contributed by atoms with van der Waals surface area (Å²) in [6.45, 7) is 2.28. The fourth-order valence-corrected chi connectivity index (χ4v) is 3.04. The van der Waals surface area contributed by atoms with E-state index < -0.39 is 0 Å². The highest BCUT2D eigenvalue weighted by atomic mass is 16.5. The Balaban J connectivity index is 1.79. The van der Waals surface area contributed by atoms with Crippen molar-refractivity contribution in [2.75, 3.05) is 19.6 Å². The van der Waals surface area contributed by atoms with Gasteiger partial charge in [-0.05, 0) is 24.0 Å². The number of hydrogen-bond acceptors (Lipinski definition) is 3. The fraction of sp³-hybridized carbons (Fsp3) is 0.500. The molecule has 4 nitrogen and oxygen atoms in total. The number of carbonyl (C=O) groups excluding carboxylic acids is 1. The minimum atomic E-state index is -0.165. The van der Waals surface area contributed by atoms with E-state index in [1.165, 1.54) is 11.1 Å². The summed E-state index contributed by atoms with van der Waals surface area (Å²) in [5, 5.41) is 0. The Morgan fingerprint density at radius 3 is 2.78 bits per heavy atom. The molecule has 0 unspecified atom stereocenters. The third kappa shape index (κ3) is 1.72. The van der Waals surface area contributed by atoms with Crippen LogP contribution >= 0.6 is 0 Å². The van der Waals surface area contributed by atoms with Gasteiger partial charge in [0.15, 0.2) is 0 Å². The number of amides is 1. The smallest absolute Gasteiger partial charge is 0.236 e. The van der Waals surface area contributed by atoms with Crippen LogP contribution in [0.1, 0.15) is 24.0 Å². The van der Waals surface area contributed by atoms with Crippen LogP contribution in [0, 0.1) is 0 Å². The van der Waals surface area contributed by atoms with E-state index >= 15 is 0 Å². The van der Waals surface area contributed by atoms with Crippen molar-refractivity contribution in [3.8, 4) is 0 Å². The van der Waals surface area contributed by atoms with Crippen molar-refractivity contribution in [1.82, 2.24) is 4.90 Å². The molecule has 0 saturated carbocycles. The Morgan fingerprint density at radius 2 is 2.06 bits per heavy atom. The average Bonchev–Trinajstić information content (AvgIpc) is 2.78. The molecule has 1 aromatic carbocycles. The number of likely N-dealkylation sites (tertiary alicyclic amines) is 1. The summed E-state index contributed by atoms with van der Waals surface area (Å²) in [4.78, 5) is 13.4. The molecule has 18 heavy (non-hydrogen) atoms. The summed E-state index contributed by atoms with van der Waals surface area (Å²) in [5.74, 6) is 0.0381. The highest BCUT2D eigenvalue weighted by Gasteiger charge is 2.42. The van der Waals surface area contributed by atoms with Crippen LogP contribution in [0.4, 0.5) is 0 Å². The Labute approximate surface area is 107 Å². The van der Waals surface area contributed by atoms with Gasteiger partial charge in [0.2, 0.25) is 5.91 Å². The summed E-state index contributed by atoms with van der Waals surface area (Å²) in [6.07, 6.45) is 1.74. The largest absolute Gasteiger partial charge is 0.365 e. The quantitative estimate of drug-likeness (QED) is 0.804. The molecule has 2 aliphatic heterocycles. The molecule has 1 amide bonds. The van der Waals surface area contributed by atoms with E-state index in [0.29, 0.717) is 6.61 Å². The zero-order chi connectivity index (χ0) is 12.6. The number of ether oxygens (including phenoxy) is 1. The molecule has 1 fully saturated rings. The van der Waals surface area contributed by atoms with Crippen LogP contribution in [0.15, 0.2) is 24.3 Å². The van der Waals surface area contributed by atoms with Crippen LogP contribution in [0.3, 0.4) is 0 Å². The second-order valence-electron chi connectivity index (χ2n) is 5.03. The number of piperidine rings is 1. The minimum Gasteiger partial charge on any atom is -0.365 e. The van der Waals surface area contributed by atoms with Crippen LogP contribution < -0.4 is 5.73 Å². The van der Waals surface area contributed by atoms with E-state index in [2.05, 4.69) is 18.2 Å². The third-order valence-corrected chi connectivity index (χ3v) is 4.11. The van der Waals surface area contributed by atoms with E-state index in [1.807, 2.05) is 11.0 Å². The Hall–Kier alpha value is -1.39. The van der Waals surface area contributed by atoms with Crippen molar-refractivity contribution < 1.29 is 9.53 Å². The highest BCUT2D eigenvalue weighted by Crippen LogP contribution is 2.43. The van der Waals surface area contributed by atoms with Crippen LogP contribution in [0.5, 0.6) is 0 Å². The third-order valence-electron chi connectivity index (χ3n) is 4.11. The zero-order valence-corrected chi connectivity index (χ0v) is 10.4. The molecule has 0 radical (unpaired) electrons. The van der Waals surface area contributed by atoms with Crippen molar-refractivity contribution in [3.63, 3.8) is 0 Å². The molecule has 4 heteroatoms. The predicted molar refractivity (Wildman–Crippen MR) is 67.8 cm³/mol. The molecule has 2 N–H and O–H groups in total. The van der Waals surface area contributed by atoms with Gasteiger partial charge in [-0.3, -0.25) is 4.79 Å². The molecular formula is C14H18N2O2. The average molecular weight is 246 g/mol. The van der Waals surface area contributed by atoms with Gasteiger partial charge in [0.1, 0.15) is 0 Å². The maximum absolute atomic E-state index is 11.6. The van der Waals surface area contributed by atoms with Crippen molar-refractivity contribution in [1.29, 1.82) is 0 Å². The van der Waals surface area contributed by atoms with Gasteiger partial charge in [-0.25, -0.2) is 0 Å². The highest BCUT2D eigenvalue weighted by molar-refractivity contribution is 5.78. The lowest BCUT2D eigenvalue weighted by Gasteiger charge is -2.39. The molecule has 3 rings (SSSR count). The molecule has 2 aliphatic rings. The molecule has 0 aromatic heterocycles. The SMILES string of the molecule is NCC(=O)N1CCC2(CC1)OCc1ccccc12. The van der Waals surface area contributed by atoms with Gasteiger partial charge in [-0.15, -0.1) is 0 Å². The second kappa shape index (κ2) is 4.37. The standard InChI is InChI=1S/C14H18N2O2/c15-9-13(17)16-7-5-14(6-8-16)12-4-2-1-3-11(12)10-18-14/h1-4H,5-10,15H2. The Bertz CT molecular complexity index is 465. The lowest BCUT2D eigenvalue weighted by Crippen LogP contribution is -2.46. The first-order chi connectivity index (χ1) is 8.75. The molecule has 1 aromatic rings. The predicted octanol–water partition coefficient (Wildman–Crippen LogP) is 0.993. The van der Waals surface area contributed by atoms with Gasteiger partial charge in [0.05, 0.1) is 18.8 Å². The molecule has 2 heterocycles. The summed E-state index contributed by atoms with van der Waals surface area (Å²) >= 11 is 0. The normalized spacial score (nSPS) is 21.1. The number of fused-ring (bicyclic) bond motifs is 2.